The lowest BCUT2D eigenvalue weighted by molar-refractivity contribution is 0.300. The fourth-order valence-electron chi connectivity index (χ4n) is 1.22. The molecule has 0 spiro atoms. The molecule has 0 aliphatic heterocycles. The summed E-state index contributed by atoms with van der Waals surface area (Å²) >= 11 is 5.03. The van der Waals surface area contributed by atoms with Gasteiger partial charge in [0.15, 0.2) is 5.11 Å². The van der Waals surface area contributed by atoms with Crippen LogP contribution in [0.3, 0.4) is 0 Å². The fraction of sp³-hybridized carbons (Fsp3) is 0.364. The number of aliphatic hydroxyl groups excluding tert-OH is 1. The quantitative estimate of drug-likeness (QED) is 0.666. The van der Waals surface area contributed by atoms with Gasteiger partial charge in [0.25, 0.3) is 0 Å². The average Bonchev–Trinajstić information content (AvgIpc) is 2.25. The van der Waals surface area contributed by atoms with Gasteiger partial charge >= 0.3 is 0 Å². The van der Waals surface area contributed by atoms with Crippen molar-refractivity contribution in [2.45, 2.75) is 13.5 Å². The average molecular weight is 224 g/mol. The number of hydrogen-bond donors (Lipinski definition) is 3. The predicted molar refractivity (Wildman–Crippen MR) is 65.7 cm³/mol. The second-order valence-corrected chi connectivity index (χ2v) is 3.67. The summed E-state index contributed by atoms with van der Waals surface area (Å²) in [5.74, 6) is 0. The standard InChI is InChI=1S/C11H16N2OS/c1-9-4-2-3-5-10(9)8-13-11(15)12-6-7-14/h2-5,14H,6-8H2,1H3,(H2,12,13,15). The Balaban J connectivity index is 2.37. The molecule has 0 amide bonds. The number of benzene rings is 1. The van der Waals surface area contributed by atoms with Gasteiger partial charge in [-0.05, 0) is 30.3 Å². The van der Waals surface area contributed by atoms with E-state index in [1.807, 2.05) is 12.1 Å². The summed E-state index contributed by atoms with van der Waals surface area (Å²) in [4.78, 5) is 0. The Bertz CT molecular complexity index is 328. The van der Waals surface area contributed by atoms with Crippen molar-refractivity contribution in [1.82, 2.24) is 10.6 Å². The van der Waals surface area contributed by atoms with Crippen LogP contribution in [0.1, 0.15) is 11.1 Å². The van der Waals surface area contributed by atoms with Gasteiger partial charge in [-0.15, -0.1) is 0 Å². The van der Waals surface area contributed by atoms with Crippen LogP contribution in [0.5, 0.6) is 0 Å². The van der Waals surface area contributed by atoms with Crippen molar-refractivity contribution in [2.24, 2.45) is 0 Å². The smallest absolute Gasteiger partial charge is 0.166 e. The first-order chi connectivity index (χ1) is 7.24. The number of nitrogens with one attached hydrogen (secondary N) is 2. The first-order valence-corrected chi connectivity index (χ1v) is 5.32. The van der Waals surface area contributed by atoms with Gasteiger partial charge in [-0.25, -0.2) is 0 Å². The Kier molecular flexibility index (Phi) is 5.07. The van der Waals surface area contributed by atoms with Gasteiger partial charge in [0.1, 0.15) is 0 Å². The minimum atomic E-state index is 0.0895. The lowest BCUT2D eigenvalue weighted by atomic mass is 10.1. The first-order valence-electron chi connectivity index (χ1n) is 4.91. The molecule has 0 radical (unpaired) electrons. The molecular formula is C11H16N2OS. The summed E-state index contributed by atoms with van der Waals surface area (Å²) in [5.41, 5.74) is 2.47. The molecule has 0 aliphatic carbocycles. The van der Waals surface area contributed by atoms with Gasteiger partial charge in [-0.1, -0.05) is 24.3 Å². The van der Waals surface area contributed by atoms with Crippen LogP contribution >= 0.6 is 12.2 Å². The molecule has 0 atom stereocenters. The van der Waals surface area contributed by atoms with Crippen LogP contribution in [0, 0.1) is 6.92 Å². The Morgan fingerprint density at radius 3 is 2.73 bits per heavy atom. The summed E-state index contributed by atoms with van der Waals surface area (Å²) in [6, 6.07) is 8.16. The van der Waals surface area contributed by atoms with E-state index in [0.29, 0.717) is 18.2 Å². The molecule has 0 saturated carbocycles. The highest BCUT2D eigenvalue weighted by Gasteiger charge is 1.97. The minimum Gasteiger partial charge on any atom is -0.395 e. The van der Waals surface area contributed by atoms with E-state index < -0.39 is 0 Å². The highest BCUT2D eigenvalue weighted by molar-refractivity contribution is 7.80. The maximum atomic E-state index is 8.59. The SMILES string of the molecule is Cc1ccccc1CNC(=S)NCCO. The van der Waals surface area contributed by atoms with Crippen LogP contribution in [0.15, 0.2) is 24.3 Å². The number of aryl methyl sites for hydroxylation is 1. The lowest BCUT2D eigenvalue weighted by Crippen LogP contribution is -2.36. The molecule has 0 fully saturated rings. The Hall–Kier alpha value is -1.13. The molecule has 15 heavy (non-hydrogen) atoms. The summed E-state index contributed by atoms with van der Waals surface area (Å²) in [6.07, 6.45) is 0. The normalized spacial score (nSPS) is 9.73. The molecular weight excluding hydrogens is 208 g/mol. The van der Waals surface area contributed by atoms with E-state index in [2.05, 4.69) is 29.7 Å². The lowest BCUT2D eigenvalue weighted by Gasteiger charge is -2.10. The zero-order valence-corrected chi connectivity index (χ0v) is 9.60. The molecule has 0 bridgehead atoms. The van der Waals surface area contributed by atoms with Gasteiger partial charge in [-0.2, -0.15) is 0 Å². The maximum Gasteiger partial charge on any atom is 0.166 e. The van der Waals surface area contributed by atoms with Gasteiger partial charge in [0.2, 0.25) is 0 Å². The Morgan fingerprint density at radius 1 is 1.33 bits per heavy atom. The molecule has 4 heteroatoms. The highest BCUT2D eigenvalue weighted by atomic mass is 32.1. The third-order valence-electron chi connectivity index (χ3n) is 2.10. The van der Waals surface area contributed by atoms with Crippen molar-refractivity contribution >= 4 is 17.3 Å². The van der Waals surface area contributed by atoms with E-state index >= 15 is 0 Å². The topological polar surface area (TPSA) is 44.3 Å². The number of rotatable bonds is 4. The van der Waals surface area contributed by atoms with Crippen LogP contribution in [-0.4, -0.2) is 23.4 Å². The van der Waals surface area contributed by atoms with Crippen LogP contribution in [0.4, 0.5) is 0 Å². The predicted octanol–water partition coefficient (Wildman–Crippen LogP) is 0.951. The number of aliphatic hydroxyl groups is 1. The molecule has 82 valence electrons. The second kappa shape index (κ2) is 6.37. The fourth-order valence-corrected chi connectivity index (χ4v) is 1.39. The van der Waals surface area contributed by atoms with Crippen molar-refractivity contribution < 1.29 is 5.11 Å². The van der Waals surface area contributed by atoms with Crippen molar-refractivity contribution in [3.63, 3.8) is 0 Å². The van der Waals surface area contributed by atoms with Gasteiger partial charge in [-0.3, -0.25) is 0 Å². The Morgan fingerprint density at radius 2 is 2.07 bits per heavy atom. The van der Waals surface area contributed by atoms with E-state index in [1.54, 1.807) is 0 Å². The number of hydrogen-bond acceptors (Lipinski definition) is 2. The zero-order valence-electron chi connectivity index (χ0n) is 8.79. The maximum absolute atomic E-state index is 8.59. The van der Waals surface area contributed by atoms with Gasteiger partial charge in [0, 0.05) is 13.1 Å². The molecule has 3 N–H and O–H groups in total. The third-order valence-corrected chi connectivity index (χ3v) is 2.39. The van der Waals surface area contributed by atoms with E-state index in [4.69, 9.17) is 17.3 Å². The molecule has 1 rings (SSSR count). The van der Waals surface area contributed by atoms with Crippen LogP contribution < -0.4 is 10.6 Å². The molecule has 3 nitrogen and oxygen atoms in total. The summed E-state index contributed by atoms with van der Waals surface area (Å²) in [7, 11) is 0. The van der Waals surface area contributed by atoms with Crippen LogP contribution in [0.2, 0.25) is 0 Å². The van der Waals surface area contributed by atoms with Crippen molar-refractivity contribution in [3.8, 4) is 0 Å². The zero-order chi connectivity index (χ0) is 11.1. The molecule has 0 unspecified atom stereocenters. The molecule has 0 heterocycles. The monoisotopic (exact) mass is 224 g/mol. The number of thiocarbonyl (C=S) groups is 1. The van der Waals surface area contributed by atoms with Crippen LogP contribution in [0.25, 0.3) is 0 Å². The van der Waals surface area contributed by atoms with E-state index in [0.717, 1.165) is 0 Å². The summed E-state index contributed by atoms with van der Waals surface area (Å²) in [5, 5.41) is 15.1. The van der Waals surface area contributed by atoms with E-state index in [1.165, 1.54) is 11.1 Å². The molecule has 0 aliphatic rings. The van der Waals surface area contributed by atoms with E-state index in [-0.39, 0.29) is 6.61 Å². The minimum absolute atomic E-state index is 0.0895. The van der Waals surface area contributed by atoms with Crippen molar-refractivity contribution in [2.75, 3.05) is 13.2 Å². The molecule has 1 aromatic rings. The van der Waals surface area contributed by atoms with Gasteiger partial charge < -0.3 is 15.7 Å². The highest BCUT2D eigenvalue weighted by Crippen LogP contribution is 2.05. The van der Waals surface area contributed by atoms with Crippen LogP contribution in [-0.2, 0) is 6.54 Å². The second-order valence-electron chi connectivity index (χ2n) is 3.26. The molecule has 1 aromatic carbocycles. The Labute approximate surface area is 95.5 Å². The first kappa shape index (κ1) is 11.9. The molecule has 0 aromatic heterocycles. The third kappa shape index (κ3) is 4.27. The largest absolute Gasteiger partial charge is 0.395 e. The van der Waals surface area contributed by atoms with E-state index in [9.17, 15) is 0 Å². The van der Waals surface area contributed by atoms with Crippen molar-refractivity contribution in [3.05, 3.63) is 35.4 Å². The summed E-state index contributed by atoms with van der Waals surface area (Å²) < 4.78 is 0. The van der Waals surface area contributed by atoms with Crippen molar-refractivity contribution in [1.29, 1.82) is 0 Å². The summed E-state index contributed by atoms with van der Waals surface area (Å²) in [6.45, 7) is 3.36. The van der Waals surface area contributed by atoms with Gasteiger partial charge in [0.05, 0.1) is 6.61 Å². The molecule has 0 saturated heterocycles.